The van der Waals surface area contributed by atoms with Gasteiger partial charge in [-0.15, -0.1) is 0 Å². The number of aryl methyl sites for hydroxylation is 1. The maximum atomic E-state index is 12.7. The summed E-state index contributed by atoms with van der Waals surface area (Å²) in [6.45, 7) is 3.52. The van der Waals surface area contributed by atoms with Crippen LogP contribution in [0, 0.1) is 13.8 Å². The van der Waals surface area contributed by atoms with Gasteiger partial charge in [-0.05, 0) is 62.6 Å². The summed E-state index contributed by atoms with van der Waals surface area (Å²) in [6.07, 6.45) is 2.04. The van der Waals surface area contributed by atoms with Crippen LogP contribution in [-0.4, -0.2) is 29.0 Å². The number of Topliss-reactive ketones (excluding diaryl/α,β-unsaturated/α-hetero) is 1. The molecule has 1 aliphatic rings. The predicted molar refractivity (Wildman–Crippen MR) is 131 cm³/mol. The van der Waals surface area contributed by atoms with Crippen LogP contribution in [0.5, 0.6) is 11.5 Å². The molecule has 3 N–H and O–H groups in total. The van der Waals surface area contributed by atoms with E-state index in [1.54, 1.807) is 24.3 Å². The highest BCUT2D eigenvalue weighted by molar-refractivity contribution is 5.99. The lowest BCUT2D eigenvalue weighted by molar-refractivity contribution is -0.143. The Morgan fingerprint density at radius 3 is 2.43 bits per heavy atom. The van der Waals surface area contributed by atoms with Gasteiger partial charge in [-0.2, -0.15) is 0 Å². The molecule has 0 bridgehead atoms. The van der Waals surface area contributed by atoms with Crippen LogP contribution in [0.1, 0.15) is 58.7 Å². The standard InChI is InChI=1S/C27H29N3O5/c1-17-13-23(18(2)30(17)20-11-12-20)25(31)16-34-26(32)15-24(29-27(28)33)19-7-6-10-22(14-19)35-21-8-4-3-5-9-21/h3-10,13-14,20,24H,11-12,15-16H2,1-2H3,(H3,28,29,33)/t24-/m1/s1. The molecule has 8 heteroatoms. The monoisotopic (exact) mass is 475 g/mol. The Morgan fingerprint density at radius 2 is 1.74 bits per heavy atom. The van der Waals surface area contributed by atoms with Crippen molar-refractivity contribution >= 4 is 17.8 Å². The van der Waals surface area contributed by atoms with Gasteiger partial charge in [-0.25, -0.2) is 4.79 Å². The SMILES string of the molecule is Cc1cc(C(=O)COC(=O)C[C@@H](NC(N)=O)c2cccc(Oc3ccccc3)c2)c(C)n1C1CC1. The Hall–Kier alpha value is -4.07. The van der Waals surface area contributed by atoms with Gasteiger partial charge in [-0.3, -0.25) is 9.59 Å². The van der Waals surface area contributed by atoms with Crippen LogP contribution < -0.4 is 15.8 Å². The first-order chi connectivity index (χ1) is 16.8. The molecular formula is C27H29N3O5. The molecule has 0 spiro atoms. The summed E-state index contributed by atoms with van der Waals surface area (Å²) in [7, 11) is 0. The van der Waals surface area contributed by atoms with Crippen molar-refractivity contribution in [3.8, 4) is 11.5 Å². The number of aromatic nitrogens is 1. The summed E-state index contributed by atoms with van der Waals surface area (Å²) in [5.74, 6) is 0.320. The zero-order valence-corrected chi connectivity index (χ0v) is 19.8. The molecule has 2 aromatic carbocycles. The lowest BCUT2D eigenvalue weighted by atomic mass is 10.0. The number of nitrogens with two attached hydrogens (primary N) is 1. The van der Waals surface area contributed by atoms with E-state index in [9.17, 15) is 14.4 Å². The lowest BCUT2D eigenvalue weighted by Gasteiger charge is -2.18. The summed E-state index contributed by atoms with van der Waals surface area (Å²) >= 11 is 0. The summed E-state index contributed by atoms with van der Waals surface area (Å²) in [5.41, 5.74) is 8.46. The van der Waals surface area contributed by atoms with Crippen LogP contribution in [0.25, 0.3) is 0 Å². The van der Waals surface area contributed by atoms with Gasteiger partial charge in [0.05, 0.1) is 12.5 Å². The average Bonchev–Trinajstić information content (AvgIpc) is 3.61. The third-order valence-electron chi connectivity index (χ3n) is 5.99. The Balaban J connectivity index is 1.40. The smallest absolute Gasteiger partial charge is 0.312 e. The lowest BCUT2D eigenvalue weighted by Crippen LogP contribution is -2.34. The Labute approximate surface area is 204 Å². The molecule has 1 heterocycles. The number of benzene rings is 2. The number of hydrogen-bond donors (Lipinski definition) is 2. The fraction of sp³-hybridized carbons (Fsp3) is 0.296. The van der Waals surface area contributed by atoms with Crippen LogP contribution in [0.15, 0.2) is 60.7 Å². The number of rotatable bonds is 10. The molecule has 35 heavy (non-hydrogen) atoms. The molecule has 182 valence electrons. The van der Waals surface area contributed by atoms with Crippen LogP contribution in [-0.2, 0) is 9.53 Å². The highest BCUT2D eigenvalue weighted by Gasteiger charge is 2.28. The third kappa shape index (κ3) is 6.09. The van der Waals surface area contributed by atoms with Crippen molar-refractivity contribution in [2.24, 2.45) is 5.73 Å². The van der Waals surface area contributed by atoms with Crippen molar-refractivity contribution in [2.45, 2.75) is 45.2 Å². The molecule has 1 fully saturated rings. The fourth-order valence-corrected chi connectivity index (χ4v) is 4.25. The fourth-order valence-electron chi connectivity index (χ4n) is 4.25. The van der Waals surface area contributed by atoms with Crippen molar-refractivity contribution in [3.05, 3.63) is 83.2 Å². The van der Waals surface area contributed by atoms with Gasteiger partial charge in [0, 0.05) is 23.0 Å². The highest BCUT2D eigenvalue weighted by atomic mass is 16.5. The first-order valence-electron chi connectivity index (χ1n) is 11.6. The average molecular weight is 476 g/mol. The highest BCUT2D eigenvalue weighted by Crippen LogP contribution is 2.38. The van der Waals surface area contributed by atoms with Gasteiger partial charge >= 0.3 is 12.0 Å². The number of amides is 2. The van der Waals surface area contributed by atoms with Crippen molar-refractivity contribution in [1.29, 1.82) is 0 Å². The molecule has 1 saturated carbocycles. The van der Waals surface area contributed by atoms with Crippen LogP contribution in [0.4, 0.5) is 4.79 Å². The molecule has 0 aliphatic heterocycles. The first-order valence-corrected chi connectivity index (χ1v) is 11.6. The molecule has 2 amide bonds. The minimum Gasteiger partial charge on any atom is -0.457 e. The summed E-state index contributed by atoms with van der Waals surface area (Å²) in [5, 5.41) is 2.57. The summed E-state index contributed by atoms with van der Waals surface area (Å²) in [6, 6.07) is 17.0. The minimum atomic E-state index is -0.777. The zero-order chi connectivity index (χ0) is 24.9. The molecule has 1 atom stereocenters. The molecule has 1 aromatic heterocycles. The first kappa shape index (κ1) is 24.1. The van der Waals surface area contributed by atoms with E-state index in [1.165, 1.54) is 0 Å². The molecule has 1 aliphatic carbocycles. The number of para-hydroxylation sites is 1. The van der Waals surface area contributed by atoms with E-state index in [-0.39, 0.29) is 18.8 Å². The Kier molecular flexibility index (Phi) is 7.19. The number of urea groups is 1. The maximum absolute atomic E-state index is 12.7. The Bertz CT molecular complexity index is 1230. The normalized spacial score (nSPS) is 13.7. The largest absolute Gasteiger partial charge is 0.457 e. The van der Waals surface area contributed by atoms with Crippen molar-refractivity contribution in [1.82, 2.24) is 9.88 Å². The van der Waals surface area contributed by atoms with Gasteiger partial charge in [0.2, 0.25) is 5.78 Å². The number of ether oxygens (including phenoxy) is 2. The van der Waals surface area contributed by atoms with E-state index in [0.717, 1.165) is 24.2 Å². The van der Waals surface area contributed by atoms with Crippen molar-refractivity contribution < 1.29 is 23.9 Å². The van der Waals surface area contributed by atoms with Gasteiger partial charge in [-0.1, -0.05) is 30.3 Å². The number of nitrogens with one attached hydrogen (secondary N) is 1. The second kappa shape index (κ2) is 10.5. The predicted octanol–water partition coefficient (Wildman–Crippen LogP) is 4.76. The molecule has 0 unspecified atom stereocenters. The molecular weight excluding hydrogens is 446 g/mol. The zero-order valence-electron chi connectivity index (χ0n) is 19.8. The van der Waals surface area contributed by atoms with Crippen LogP contribution >= 0.6 is 0 Å². The molecule has 3 aromatic rings. The summed E-state index contributed by atoms with van der Waals surface area (Å²) < 4.78 is 13.3. The quantitative estimate of drug-likeness (QED) is 0.324. The van der Waals surface area contributed by atoms with E-state index in [2.05, 4.69) is 9.88 Å². The van der Waals surface area contributed by atoms with E-state index in [0.29, 0.717) is 28.7 Å². The van der Waals surface area contributed by atoms with E-state index < -0.39 is 18.0 Å². The number of nitrogens with zero attached hydrogens (tertiary/aromatic N) is 1. The maximum Gasteiger partial charge on any atom is 0.312 e. The van der Waals surface area contributed by atoms with Gasteiger partial charge in [0.15, 0.2) is 6.61 Å². The number of primary amides is 1. The van der Waals surface area contributed by atoms with Gasteiger partial charge in [0.25, 0.3) is 0 Å². The Morgan fingerprint density at radius 1 is 1.03 bits per heavy atom. The van der Waals surface area contributed by atoms with E-state index in [4.69, 9.17) is 15.2 Å². The van der Waals surface area contributed by atoms with Crippen LogP contribution in [0.3, 0.4) is 0 Å². The molecule has 8 nitrogen and oxygen atoms in total. The minimum absolute atomic E-state index is 0.188. The topological polar surface area (TPSA) is 113 Å². The number of ketones is 1. The molecule has 4 rings (SSSR count). The number of esters is 1. The number of hydrogen-bond acceptors (Lipinski definition) is 5. The second-order valence-corrected chi connectivity index (χ2v) is 8.72. The van der Waals surface area contributed by atoms with Gasteiger partial charge in [0.1, 0.15) is 11.5 Å². The van der Waals surface area contributed by atoms with Crippen LogP contribution in [0.2, 0.25) is 0 Å². The van der Waals surface area contributed by atoms with E-state index >= 15 is 0 Å². The second-order valence-electron chi connectivity index (χ2n) is 8.72. The summed E-state index contributed by atoms with van der Waals surface area (Å²) in [4.78, 5) is 36.9. The van der Waals surface area contributed by atoms with Gasteiger partial charge < -0.3 is 25.1 Å². The van der Waals surface area contributed by atoms with E-state index in [1.807, 2.05) is 50.2 Å². The number of carbonyl (C=O) groups excluding carboxylic acids is 3. The number of carbonyl (C=O) groups is 3. The van der Waals surface area contributed by atoms with Crippen molar-refractivity contribution in [3.63, 3.8) is 0 Å². The third-order valence-corrected chi connectivity index (χ3v) is 5.99. The van der Waals surface area contributed by atoms with Crippen molar-refractivity contribution in [2.75, 3.05) is 6.61 Å². The molecule has 0 saturated heterocycles. The molecule has 0 radical (unpaired) electrons.